The third-order valence-corrected chi connectivity index (χ3v) is 9.16. The molecule has 10 nitrogen and oxygen atoms in total. The summed E-state index contributed by atoms with van der Waals surface area (Å²) in [6.07, 6.45) is 5.28. The number of piperazine rings is 1. The van der Waals surface area contributed by atoms with Gasteiger partial charge < -0.3 is 15.5 Å². The number of hydrogen-bond donors (Lipinski definition) is 2. The SMILES string of the molecule is Cn1c(=O)n(C2CCC(=O)NC2=O)c2ccc(N3CCC(CN4CCN([C@H]5C[C@H](N)C5)CC4)CC3)cc21. The molecular weight excluding hydrogens is 470 g/mol. The van der Waals surface area contributed by atoms with Crippen molar-refractivity contribution in [3.8, 4) is 0 Å². The fraction of sp³-hybridized carbons (Fsp3) is 0.667. The Labute approximate surface area is 217 Å². The van der Waals surface area contributed by atoms with E-state index in [0.29, 0.717) is 12.5 Å². The maximum atomic E-state index is 13.1. The number of piperidine rings is 2. The Balaban J connectivity index is 1.07. The number of imidazole rings is 1. The minimum absolute atomic E-state index is 0.222. The first-order valence-electron chi connectivity index (χ1n) is 13.9. The summed E-state index contributed by atoms with van der Waals surface area (Å²) in [6.45, 7) is 7.90. The molecule has 1 aromatic carbocycles. The maximum absolute atomic E-state index is 13.1. The van der Waals surface area contributed by atoms with E-state index in [4.69, 9.17) is 5.73 Å². The van der Waals surface area contributed by atoms with Crippen molar-refractivity contribution < 1.29 is 9.59 Å². The molecule has 0 spiro atoms. The molecule has 37 heavy (non-hydrogen) atoms. The van der Waals surface area contributed by atoms with Crippen molar-refractivity contribution >= 4 is 28.5 Å². The number of aryl methyl sites for hydroxylation is 1. The van der Waals surface area contributed by atoms with Crippen LogP contribution in [0.15, 0.2) is 23.0 Å². The Morgan fingerprint density at radius 1 is 0.946 bits per heavy atom. The second-order valence-corrected chi connectivity index (χ2v) is 11.5. The van der Waals surface area contributed by atoms with Gasteiger partial charge in [-0.1, -0.05) is 0 Å². The molecule has 4 heterocycles. The lowest BCUT2D eigenvalue weighted by Crippen LogP contribution is -2.57. The molecule has 1 atom stereocenters. The van der Waals surface area contributed by atoms with Gasteiger partial charge in [-0.3, -0.25) is 28.9 Å². The van der Waals surface area contributed by atoms with Crippen molar-refractivity contribution in [2.24, 2.45) is 18.7 Å². The molecule has 200 valence electrons. The molecule has 1 unspecified atom stereocenters. The zero-order valence-electron chi connectivity index (χ0n) is 21.8. The molecule has 2 aromatic rings. The molecule has 0 radical (unpaired) electrons. The zero-order valence-corrected chi connectivity index (χ0v) is 21.8. The van der Waals surface area contributed by atoms with Gasteiger partial charge in [0.25, 0.3) is 0 Å². The molecule has 0 bridgehead atoms. The Morgan fingerprint density at radius 2 is 1.68 bits per heavy atom. The zero-order chi connectivity index (χ0) is 25.7. The fourth-order valence-corrected chi connectivity index (χ4v) is 6.76. The van der Waals surface area contributed by atoms with Crippen LogP contribution in [0.5, 0.6) is 0 Å². The molecule has 3 saturated heterocycles. The van der Waals surface area contributed by atoms with Crippen LogP contribution in [-0.2, 0) is 16.6 Å². The van der Waals surface area contributed by atoms with Crippen LogP contribution >= 0.6 is 0 Å². The van der Waals surface area contributed by atoms with E-state index in [9.17, 15) is 14.4 Å². The minimum atomic E-state index is -0.649. The Morgan fingerprint density at radius 3 is 2.35 bits per heavy atom. The van der Waals surface area contributed by atoms with Gasteiger partial charge in [0.1, 0.15) is 6.04 Å². The summed E-state index contributed by atoms with van der Waals surface area (Å²) >= 11 is 0. The van der Waals surface area contributed by atoms with Crippen LogP contribution < -0.4 is 21.6 Å². The standard InChI is InChI=1S/C27H39N7O3/c1-30-24-16-20(2-3-22(24)34(27(30)37)23-4-5-25(35)29-26(23)36)32-8-6-18(7-9-32)17-31-10-12-33(13-11-31)21-14-19(28)15-21/h2-3,16,18-19,21,23H,4-15,17,28H2,1H3,(H,29,35,36)/t19-,21-,23?. The van der Waals surface area contributed by atoms with Crippen molar-refractivity contribution in [1.82, 2.24) is 24.3 Å². The van der Waals surface area contributed by atoms with Gasteiger partial charge in [0, 0.05) is 77.1 Å². The third-order valence-electron chi connectivity index (χ3n) is 9.16. The molecule has 1 aromatic heterocycles. The van der Waals surface area contributed by atoms with E-state index in [1.165, 1.54) is 58.4 Å². The summed E-state index contributed by atoms with van der Waals surface area (Å²) in [5, 5.41) is 2.37. The van der Waals surface area contributed by atoms with Crippen molar-refractivity contribution in [2.75, 3.05) is 50.7 Å². The predicted molar refractivity (Wildman–Crippen MR) is 143 cm³/mol. The van der Waals surface area contributed by atoms with Gasteiger partial charge in [-0.05, 0) is 56.2 Å². The Kier molecular flexibility index (Phi) is 6.58. The average molecular weight is 510 g/mol. The molecule has 3 N–H and O–H groups in total. The lowest BCUT2D eigenvalue weighted by atomic mass is 9.86. The second kappa shape index (κ2) is 9.89. The van der Waals surface area contributed by atoms with Crippen LogP contribution in [0.4, 0.5) is 5.69 Å². The largest absolute Gasteiger partial charge is 0.371 e. The van der Waals surface area contributed by atoms with Crippen LogP contribution in [0.1, 0.15) is 44.6 Å². The summed E-state index contributed by atoms with van der Waals surface area (Å²) in [4.78, 5) is 44.8. The van der Waals surface area contributed by atoms with Gasteiger partial charge >= 0.3 is 5.69 Å². The minimum Gasteiger partial charge on any atom is -0.371 e. The van der Waals surface area contributed by atoms with Crippen molar-refractivity contribution in [1.29, 1.82) is 0 Å². The number of benzene rings is 1. The number of carbonyl (C=O) groups is 2. The number of nitrogens with zero attached hydrogens (tertiary/aromatic N) is 5. The fourth-order valence-electron chi connectivity index (χ4n) is 6.76. The number of fused-ring (bicyclic) bond motifs is 1. The van der Waals surface area contributed by atoms with Gasteiger partial charge in [0.15, 0.2) is 0 Å². The quantitative estimate of drug-likeness (QED) is 0.570. The maximum Gasteiger partial charge on any atom is 0.329 e. The molecule has 10 heteroatoms. The van der Waals surface area contributed by atoms with Gasteiger partial charge in [-0.2, -0.15) is 0 Å². The first-order chi connectivity index (χ1) is 17.9. The highest BCUT2D eigenvalue weighted by molar-refractivity contribution is 6.00. The monoisotopic (exact) mass is 509 g/mol. The molecule has 3 aliphatic heterocycles. The smallest absolute Gasteiger partial charge is 0.329 e. The molecule has 1 aliphatic carbocycles. The number of hydrogen-bond acceptors (Lipinski definition) is 7. The predicted octanol–water partition coefficient (Wildman–Crippen LogP) is 0.641. The first kappa shape index (κ1) is 24.6. The lowest BCUT2D eigenvalue weighted by molar-refractivity contribution is -0.135. The first-order valence-corrected chi connectivity index (χ1v) is 13.9. The van der Waals surface area contributed by atoms with E-state index in [-0.39, 0.29) is 18.0 Å². The highest BCUT2D eigenvalue weighted by Crippen LogP contribution is 2.30. The summed E-state index contributed by atoms with van der Waals surface area (Å²) in [7, 11) is 1.75. The van der Waals surface area contributed by atoms with E-state index in [1.807, 2.05) is 6.07 Å². The normalized spacial score (nSPS) is 28.5. The number of nitrogens with one attached hydrogen (secondary N) is 1. The number of anilines is 1. The van der Waals surface area contributed by atoms with Crippen LogP contribution in [0, 0.1) is 5.92 Å². The summed E-state index contributed by atoms with van der Waals surface area (Å²) < 4.78 is 3.17. The van der Waals surface area contributed by atoms with E-state index in [2.05, 4.69) is 32.1 Å². The van der Waals surface area contributed by atoms with Crippen LogP contribution in [0.3, 0.4) is 0 Å². The summed E-state index contributed by atoms with van der Waals surface area (Å²) in [5.41, 5.74) is 8.44. The number of aromatic nitrogens is 2. The molecule has 4 fully saturated rings. The number of carbonyl (C=O) groups excluding carboxylic acids is 2. The number of rotatable bonds is 5. The molecule has 6 rings (SSSR count). The van der Waals surface area contributed by atoms with Crippen molar-refractivity contribution in [3.63, 3.8) is 0 Å². The second-order valence-electron chi connectivity index (χ2n) is 11.5. The van der Waals surface area contributed by atoms with Gasteiger partial charge in [0.2, 0.25) is 11.8 Å². The highest BCUT2D eigenvalue weighted by atomic mass is 16.2. The molecule has 4 aliphatic rings. The van der Waals surface area contributed by atoms with Crippen LogP contribution in [-0.4, -0.2) is 88.6 Å². The Hall–Kier alpha value is -2.69. The number of imide groups is 1. The van der Waals surface area contributed by atoms with Gasteiger partial charge in [-0.15, -0.1) is 0 Å². The summed E-state index contributed by atoms with van der Waals surface area (Å²) in [5.74, 6) is 0.0496. The highest BCUT2D eigenvalue weighted by Gasteiger charge is 2.34. The third kappa shape index (κ3) is 4.70. The van der Waals surface area contributed by atoms with Gasteiger partial charge in [-0.25, -0.2) is 4.79 Å². The van der Waals surface area contributed by atoms with E-state index in [1.54, 1.807) is 16.2 Å². The summed E-state index contributed by atoms with van der Waals surface area (Å²) in [6, 6.07) is 6.59. The van der Waals surface area contributed by atoms with E-state index >= 15 is 0 Å². The van der Waals surface area contributed by atoms with Crippen LogP contribution in [0.25, 0.3) is 11.0 Å². The molecule has 2 amide bonds. The molecule has 1 saturated carbocycles. The van der Waals surface area contributed by atoms with E-state index in [0.717, 1.165) is 41.8 Å². The average Bonchev–Trinajstić information content (AvgIpc) is 3.12. The Bertz CT molecular complexity index is 1230. The van der Waals surface area contributed by atoms with E-state index < -0.39 is 11.9 Å². The van der Waals surface area contributed by atoms with Crippen molar-refractivity contribution in [2.45, 2.75) is 56.7 Å². The topological polar surface area (TPSA) is 109 Å². The molecular formula is C27H39N7O3. The van der Waals surface area contributed by atoms with Crippen molar-refractivity contribution in [3.05, 3.63) is 28.7 Å². The lowest BCUT2D eigenvalue weighted by Gasteiger charge is -2.46. The van der Waals surface area contributed by atoms with Gasteiger partial charge in [0.05, 0.1) is 11.0 Å². The number of amides is 2. The van der Waals surface area contributed by atoms with Crippen LogP contribution in [0.2, 0.25) is 0 Å². The number of nitrogens with two attached hydrogens (primary N) is 1.